The molecule has 2 heterocycles. The molecule has 6 heteroatoms. The van der Waals surface area contributed by atoms with Gasteiger partial charge in [0, 0.05) is 19.3 Å². The van der Waals surface area contributed by atoms with Gasteiger partial charge in [0.05, 0.1) is 11.6 Å². The molecule has 1 amide bonds. The van der Waals surface area contributed by atoms with E-state index < -0.39 is 11.9 Å². The first-order chi connectivity index (χ1) is 10.6. The van der Waals surface area contributed by atoms with E-state index >= 15 is 0 Å². The number of aromatic nitrogens is 2. The van der Waals surface area contributed by atoms with Crippen molar-refractivity contribution in [2.45, 2.75) is 6.92 Å². The van der Waals surface area contributed by atoms with Crippen LogP contribution in [0.2, 0.25) is 0 Å². The van der Waals surface area contributed by atoms with Gasteiger partial charge in [0.1, 0.15) is 0 Å². The number of likely N-dealkylation sites (tertiary alicyclic amines) is 1. The Labute approximate surface area is 128 Å². The molecule has 0 unspecified atom stereocenters. The number of hydrogen-bond donors (Lipinski definition) is 1. The predicted octanol–water partition coefficient (Wildman–Crippen LogP) is 1.67. The summed E-state index contributed by atoms with van der Waals surface area (Å²) >= 11 is 0. The third kappa shape index (κ3) is 2.59. The lowest BCUT2D eigenvalue weighted by Gasteiger charge is -2.14. The largest absolute Gasteiger partial charge is 0.481 e. The Balaban J connectivity index is 1.77. The third-order valence-electron chi connectivity index (χ3n) is 4.05. The zero-order chi connectivity index (χ0) is 15.7. The molecular weight excluding hydrogens is 282 g/mol. The van der Waals surface area contributed by atoms with Gasteiger partial charge in [0.15, 0.2) is 5.69 Å². The molecule has 1 N–H and O–H groups in total. The highest BCUT2D eigenvalue weighted by molar-refractivity contribution is 5.93. The van der Waals surface area contributed by atoms with Crippen LogP contribution in [0, 0.1) is 11.8 Å². The molecule has 3 rings (SSSR count). The number of para-hydroxylation sites is 1. The van der Waals surface area contributed by atoms with Crippen molar-refractivity contribution in [1.29, 1.82) is 0 Å². The molecule has 22 heavy (non-hydrogen) atoms. The molecular formula is C16H17N3O3. The van der Waals surface area contributed by atoms with E-state index in [0.717, 1.165) is 5.69 Å². The maximum absolute atomic E-state index is 12.5. The molecule has 1 fully saturated rings. The van der Waals surface area contributed by atoms with Crippen LogP contribution >= 0.6 is 0 Å². The molecule has 1 aromatic heterocycles. The normalized spacial score (nSPS) is 21.0. The van der Waals surface area contributed by atoms with E-state index in [-0.39, 0.29) is 18.4 Å². The number of aliphatic carboxylic acids is 1. The highest BCUT2D eigenvalue weighted by Crippen LogP contribution is 2.24. The molecule has 0 aliphatic carbocycles. The summed E-state index contributed by atoms with van der Waals surface area (Å²) < 4.78 is 1.64. The van der Waals surface area contributed by atoms with Gasteiger partial charge in [-0.25, -0.2) is 4.68 Å². The average Bonchev–Trinajstić information content (AvgIpc) is 3.14. The number of nitrogens with zero attached hydrogens (tertiary/aromatic N) is 3. The molecule has 1 aliphatic rings. The summed E-state index contributed by atoms with van der Waals surface area (Å²) in [7, 11) is 0. The third-order valence-corrected chi connectivity index (χ3v) is 4.05. The zero-order valence-electron chi connectivity index (χ0n) is 12.2. The molecule has 0 saturated carbocycles. The monoisotopic (exact) mass is 299 g/mol. The lowest BCUT2D eigenvalue weighted by molar-refractivity contribution is -0.142. The molecule has 2 atom stereocenters. The zero-order valence-corrected chi connectivity index (χ0v) is 12.2. The van der Waals surface area contributed by atoms with E-state index in [1.807, 2.05) is 37.3 Å². The summed E-state index contributed by atoms with van der Waals surface area (Å²) in [6.45, 7) is 2.55. The molecule has 6 nitrogen and oxygen atoms in total. The molecule has 0 bridgehead atoms. The van der Waals surface area contributed by atoms with Crippen LogP contribution in [0.3, 0.4) is 0 Å². The molecule has 1 saturated heterocycles. The van der Waals surface area contributed by atoms with Crippen LogP contribution < -0.4 is 0 Å². The first-order valence-corrected chi connectivity index (χ1v) is 7.19. The molecule has 1 aromatic carbocycles. The number of amides is 1. The van der Waals surface area contributed by atoms with E-state index in [1.165, 1.54) is 0 Å². The second kappa shape index (κ2) is 5.63. The van der Waals surface area contributed by atoms with Crippen LogP contribution in [0.4, 0.5) is 0 Å². The van der Waals surface area contributed by atoms with Gasteiger partial charge in [0.25, 0.3) is 5.91 Å². The standard InChI is InChI=1S/C16H17N3O3/c1-11-9-18(10-13(11)16(21)22)15(20)14-7-8-19(17-14)12-5-3-2-4-6-12/h2-8,11,13H,9-10H2,1H3,(H,21,22)/t11-,13-/m1/s1. The molecule has 2 aromatic rings. The number of carbonyl (C=O) groups is 2. The van der Waals surface area contributed by atoms with Gasteiger partial charge in [-0.1, -0.05) is 25.1 Å². The lowest BCUT2D eigenvalue weighted by atomic mass is 9.99. The van der Waals surface area contributed by atoms with Gasteiger partial charge in [-0.15, -0.1) is 0 Å². The summed E-state index contributed by atoms with van der Waals surface area (Å²) in [4.78, 5) is 25.2. The van der Waals surface area contributed by atoms with Crippen LogP contribution in [-0.2, 0) is 4.79 Å². The second-order valence-corrected chi connectivity index (χ2v) is 5.61. The summed E-state index contributed by atoms with van der Waals surface area (Å²) in [5, 5.41) is 13.4. The van der Waals surface area contributed by atoms with E-state index in [4.69, 9.17) is 5.11 Å². The topological polar surface area (TPSA) is 75.4 Å². The van der Waals surface area contributed by atoms with Crippen LogP contribution in [0.15, 0.2) is 42.6 Å². The predicted molar refractivity (Wildman–Crippen MR) is 79.8 cm³/mol. The molecule has 0 spiro atoms. The van der Waals surface area contributed by atoms with E-state index in [0.29, 0.717) is 12.2 Å². The highest BCUT2D eigenvalue weighted by Gasteiger charge is 2.37. The van der Waals surface area contributed by atoms with Crippen molar-refractivity contribution in [3.63, 3.8) is 0 Å². The van der Waals surface area contributed by atoms with Crippen LogP contribution in [0.5, 0.6) is 0 Å². The molecule has 114 valence electrons. The fraction of sp³-hybridized carbons (Fsp3) is 0.312. The number of benzene rings is 1. The quantitative estimate of drug-likeness (QED) is 0.935. The Hall–Kier alpha value is -2.63. The number of carboxylic acid groups (broad SMARTS) is 1. The maximum atomic E-state index is 12.5. The lowest BCUT2D eigenvalue weighted by Crippen LogP contribution is -2.30. The summed E-state index contributed by atoms with van der Waals surface area (Å²) in [6, 6.07) is 11.2. The minimum absolute atomic E-state index is 0.0438. The Morgan fingerprint density at radius 1 is 1.18 bits per heavy atom. The number of carbonyl (C=O) groups excluding carboxylic acids is 1. The van der Waals surface area contributed by atoms with Crippen LogP contribution in [0.25, 0.3) is 5.69 Å². The highest BCUT2D eigenvalue weighted by atomic mass is 16.4. The van der Waals surface area contributed by atoms with Gasteiger partial charge >= 0.3 is 5.97 Å². The minimum atomic E-state index is -0.849. The number of carboxylic acids is 1. The van der Waals surface area contributed by atoms with Gasteiger partial charge in [-0.05, 0) is 24.1 Å². The Kier molecular flexibility index (Phi) is 3.66. The Morgan fingerprint density at radius 3 is 2.55 bits per heavy atom. The fourth-order valence-corrected chi connectivity index (χ4v) is 2.78. The van der Waals surface area contributed by atoms with Gasteiger partial charge in [-0.2, -0.15) is 5.10 Å². The fourth-order valence-electron chi connectivity index (χ4n) is 2.78. The van der Waals surface area contributed by atoms with E-state index in [1.54, 1.807) is 21.8 Å². The van der Waals surface area contributed by atoms with Crippen molar-refractivity contribution in [1.82, 2.24) is 14.7 Å². The molecule has 1 aliphatic heterocycles. The van der Waals surface area contributed by atoms with Crippen LogP contribution in [-0.4, -0.2) is 44.8 Å². The second-order valence-electron chi connectivity index (χ2n) is 5.61. The van der Waals surface area contributed by atoms with Gasteiger partial charge in [-0.3, -0.25) is 9.59 Å². The van der Waals surface area contributed by atoms with Crippen molar-refractivity contribution in [2.24, 2.45) is 11.8 Å². The number of rotatable bonds is 3. The SMILES string of the molecule is C[C@@H]1CN(C(=O)c2ccn(-c3ccccc3)n2)C[C@H]1C(=O)O. The van der Waals surface area contributed by atoms with E-state index in [2.05, 4.69) is 5.10 Å². The summed E-state index contributed by atoms with van der Waals surface area (Å²) in [6.07, 6.45) is 1.73. The smallest absolute Gasteiger partial charge is 0.308 e. The first-order valence-electron chi connectivity index (χ1n) is 7.19. The van der Waals surface area contributed by atoms with Crippen molar-refractivity contribution < 1.29 is 14.7 Å². The minimum Gasteiger partial charge on any atom is -0.481 e. The van der Waals surface area contributed by atoms with E-state index in [9.17, 15) is 9.59 Å². The van der Waals surface area contributed by atoms with Crippen molar-refractivity contribution in [2.75, 3.05) is 13.1 Å². The van der Waals surface area contributed by atoms with Gasteiger partial charge < -0.3 is 10.0 Å². The van der Waals surface area contributed by atoms with Crippen molar-refractivity contribution in [3.05, 3.63) is 48.3 Å². The summed E-state index contributed by atoms with van der Waals surface area (Å²) in [5.41, 5.74) is 1.21. The van der Waals surface area contributed by atoms with Gasteiger partial charge in [0.2, 0.25) is 0 Å². The van der Waals surface area contributed by atoms with Crippen molar-refractivity contribution >= 4 is 11.9 Å². The molecule has 0 radical (unpaired) electrons. The van der Waals surface area contributed by atoms with Crippen LogP contribution in [0.1, 0.15) is 17.4 Å². The first kappa shape index (κ1) is 14.3. The Bertz CT molecular complexity index is 696. The van der Waals surface area contributed by atoms with Crippen molar-refractivity contribution in [3.8, 4) is 5.69 Å². The summed E-state index contributed by atoms with van der Waals surface area (Å²) in [5.74, 6) is -1.61. The maximum Gasteiger partial charge on any atom is 0.308 e. The number of hydrogen-bond acceptors (Lipinski definition) is 3. The Morgan fingerprint density at radius 2 is 1.91 bits per heavy atom. The average molecular weight is 299 g/mol.